The summed E-state index contributed by atoms with van der Waals surface area (Å²) < 4.78 is 5.29. The molecule has 1 aliphatic heterocycles. The number of hydrogen-bond donors (Lipinski definition) is 3. The van der Waals surface area contributed by atoms with Crippen molar-refractivity contribution in [3.8, 4) is 0 Å². The number of carbonyl (C=O) groups is 1. The molecule has 0 saturated carbocycles. The van der Waals surface area contributed by atoms with E-state index in [1.54, 1.807) is 13.4 Å². The summed E-state index contributed by atoms with van der Waals surface area (Å²) in [6, 6.07) is 5.12. The molecular formula is C13H15N3O3. The number of rotatable bonds is 4. The average molecular weight is 261 g/mol. The molecule has 1 aromatic carbocycles. The fraction of sp³-hybridized carbons (Fsp3) is 0.385. The number of hydrogen-bond acceptors (Lipinski definition) is 4. The highest BCUT2D eigenvalue weighted by Gasteiger charge is 2.50. The number of fused-ring (bicyclic) bond motifs is 1. The van der Waals surface area contributed by atoms with Crippen molar-refractivity contribution < 1.29 is 14.6 Å². The van der Waals surface area contributed by atoms with Crippen molar-refractivity contribution >= 4 is 17.0 Å². The van der Waals surface area contributed by atoms with Gasteiger partial charge in [-0.15, -0.1) is 0 Å². The maximum absolute atomic E-state index is 11.4. The standard InChI is InChI=1S/C13H15N3O3/c1-14-11(12(17)18)13(5-19-6-13)8-2-3-9-10(4-8)16-7-15-9/h2-4,7,11,14H,5-6H2,1H3,(H,15,16)(H,17,18). The van der Waals surface area contributed by atoms with Gasteiger partial charge in [-0.25, -0.2) is 4.98 Å². The molecule has 19 heavy (non-hydrogen) atoms. The molecule has 3 N–H and O–H groups in total. The average Bonchev–Trinajstić information content (AvgIpc) is 2.79. The van der Waals surface area contributed by atoms with Crippen molar-refractivity contribution in [3.63, 3.8) is 0 Å². The number of carboxylic acids is 1. The van der Waals surface area contributed by atoms with Gasteiger partial charge in [0.25, 0.3) is 0 Å². The normalized spacial score (nSPS) is 19.0. The Morgan fingerprint density at radius 3 is 2.95 bits per heavy atom. The Balaban J connectivity index is 2.07. The predicted molar refractivity (Wildman–Crippen MR) is 69.1 cm³/mol. The molecule has 1 aliphatic rings. The van der Waals surface area contributed by atoms with E-state index in [1.165, 1.54) is 0 Å². The Morgan fingerprint density at radius 2 is 2.37 bits per heavy atom. The highest BCUT2D eigenvalue weighted by Crippen LogP contribution is 2.37. The maximum Gasteiger partial charge on any atom is 0.321 e. The van der Waals surface area contributed by atoms with Crippen LogP contribution in [0.1, 0.15) is 5.56 Å². The number of nitrogens with one attached hydrogen (secondary N) is 2. The van der Waals surface area contributed by atoms with Gasteiger partial charge < -0.3 is 20.1 Å². The summed E-state index contributed by atoms with van der Waals surface area (Å²) >= 11 is 0. The van der Waals surface area contributed by atoms with Crippen LogP contribution in [0, 0.1) is 0 Å². The number of aromatic amines is 1. The number of carboxylic acid groups (broad SMARTS) is 1. The van der Waals surface area contributed by atoms with Crippen LogP contribution in [-0.4, -0.2) is 47.3 Å². The first-order chi connectivity index (χ1) is 9.17. The second kappa shape index (κ2) is 4.32. The summed E-state index contributed by atoms with van der Waals surface area (Å²) in [4.78, 5) is 18.6. The number of imidazole rings is 1. The molecule has 0 amide bonds. The van der Waals surface area contributed by atoms with Crippen LogP contribution in [0.25, 0.3) is 11.0 Å². The molecule has 2 heterocycles. The van der Waals surface area contributed by atoms with Gasteiger partial charge in [0.15, 0.2) is 0 Å². The second-order valence-corrected chi connectivity index (χ2v) is 4.84. The van der Waals surface area contributed by atoms with Crippen molar-refractivity contribution in [3.05, 3.63) is 30.1 Å². The Morgan fingerprint density at radius 1 is 1.58 bits per heavy atom. The Bertz CT molecular complexity index is 618. The zero-order valence-electron chi connectivity index (χ0n) is 10.5. The van der Waals surface area contributed by atoms with Gasteiger partial charge in [0.2, 0.25) is 0 Å². The Labute approximate surface area is 109 Å². The van der Waals surface area contributed by atoms with E-state index in [2.05, 4.69) is 15.3 Å². The number of aromatic nitrogens is 2. The van der Waals surface area contributed by atoms with Gasteiger partial charge in [0.1, 0.15) is 6.04 Å². The molecule has 3 rings (SSSR count). The van der Waals surface area contributed by atoms with E-state index >= 15 is 0 Å². The van der Waals surface area contributed by atoms with Gasteiger partial charge >= 0.3 is 5.97 Å². The lowest BCUT2D eigenvalue weighted by molar-refractivity contribution is -0.150. The third-order valence-corrected chi connectivity index (χ3v) is 3.80. The van der Waals surface area contributed by atoms with E-state index in [4.69, 9.17) is 4.74 Å². The quantitative estimate of drug-likeness (QED) is 0.746. The molecule has 6 heteroatoms. The van der Waals surface area contributed by atoms with Crippen LogP contribution in [0.2, 0.25) is 0 Å². The van der Waals surface area contributed by atoms with E-state index in [0.717, 1.165) is 16.6 Å². The van der Waals surface area contributed by atoms with Crippen molar-refractivity contribution in [2.45, 2.75) is 11.5 Å². The molecule has 0 radical (unpaired) electrons. The first-order valence-corrected chi connectivity index (χ1v) is 6.09. The van der Waals surface area contributed by atoms with E-state index < -0.39 is 17.4 Å². The van der Waals surface area contributed by atoms with Gasteiger partial charge in [0.05, 0.1) is 36.0 Å². The van der Waals surface area contributed by atoms with Gasteiger partial charge in [-0.2, -0.15) is 0 Å². The summed E-state index contributed by atoms with van der Waals surface area (Å²) in [6.07, 6.45) is 1.63. The van der Waals surface area contributed by atoms with Crippen molar-refractivity contribution in [2.24, 2.45) is 0 Å². The first-order valence-electron chi connectivity index (χ1n) is 6.09. The second-order valence-electron chi connectivity index (χ2n) is 4.84. The van der Waals surface area contributed by atoms with Gasteiger partial charge in [-0.05, 0) is 24.7 Å². The van der Waals surface area contributed by atoms with Crippen molar-refractivity contribution in [2.75, 3.05) is 20.3 Å². The van der Waals surface area contributed by atoms with Gasteiger partial charge in [-0.3, -0.25) is 4.79 Å². The molecule has 1 atom stereocenters. The molecule has 100 valence electrons. The lowest BCUT2D eigenvalue weighted by atomic mass is 9.72. The highest BCUT2D eigenvalue weighted by molar-refractivity contribution is 5.79. The third kappa shape index (κ3) is 1.72. The van der Waals surface area contributed by atoms with E-state index in [1.807, 2.05) is 18.2 Å². The van der Waals surface area contributed by atoms with Gasteiger partial charge in [0, 0.05) is 0 Å². The number of ether oxygens (including phenoxy) is 1. The van der Waals surface area contributed by atoms with Crippen LogP contribution in [0.4, 0.5) is 0 Å². The fourth-order valence-corrected chi connectivity index (χ4v) is 2.70. The smallest absolute Gasteiger partial charge is 0.321 e. The van der Waals surface area contributed by atoms with Crippen LogP contribution in [0.3, 0.4) is 0 Å². The van der Waals surface area contributed by atoms with Gasteiger partial charge in [-0.1, -0.05) is 6.07 Å². The Kier molecular flexibility index (Phi) is 2.76. The number of nitrogens with zero attached hydrogens (tertiary/aromatic N) is 1. The summed E-state index contributed by atoms with van der Waals surface area (Å²) in [5, 5.41) is 12.2. The van der Waals surface area contributed by atoms with Crippen molar-refractivity contribution in [1.82, 2.24) is 15.3 Å². The largest absolute Gasteiger partial charge is 0.480 e. The van der Waals surface area contributed by atoms with Crippen LogP contribution < -0.4 is 5.32 Å². The number of aliphatic carboxylic acids is 1. The predicted octanol–water partition coefficient (Wildman–Crippen LogP) is 0.503. The topological polar surface area (TPSA) is 87.2 Å². The summed E-state index contributed by atoms with van der Waals surface area (Å²) in [5.41, 5.74) is 2.22. The van der Waals surface area contributed by atoms with E-state index in [0.29, 0.717) is 13.2 Å². The molecule has 0 spiro atoms. The summed E-state index contributed by atoms with van der Waals surface area (Å²) in [5.74, 6) is -0.865. The van der Waals surface area contributed by atoms with Crippen LogP contribution >= 0.6 is 0 Å². The van der Waals surface area contributed by atoms with Crippen molar-refractivity contribution in [1.29, 1.82) is 0 Å². The lowest BCUT2D eigenvalue weighted by Crippen LogP contribution is -2.62. The number of benzene rings is 1. The minimum absolute atomic E-state index is 0.407. The van der Waals surface area contributed by atoms with E-state index in [9.17, 15) is 9.90 Å². The Hall–Kier alpha value is -1.92. The third-order valence-electron chi connectivity index (χ3n) is 3.80. The molecule has 0 aliphatic carbocycles. The molecule has 1 aromatic heterocycles. The van der Waals surface area contributed by atoms with Crippen LogP contribution in [0.5, 0.6) is 0 Å². The molecule has 6 nitrogen and oxygen atoms in total. The van der Waals surface area contributed by atoms with Crippen LogP contribution in [0.15, 0.2) is 24.5 Å². The first kappa shape index (κ1) is 12.1. The molecule has 1 unspecified atom stereocenters. The highest BCUT2D eigenvalue weighted by atomic mass is 16.5. The summed E-state index contributed by atoms with van der Waals surface area (Å²) in [7, 11) is 1.66. The summed E-state index contributed by atoms with van der Waals surface area (Å²) in [6.45, 7) is 0.814. The lowest BCUT2D eigenvalue weighted by Gasteiger charge is -2.45. The molecule has 1 saturated heterocycles. The van der Waals surface area contributed by atoms with Crippen LogP contribution in [-0.2, 0) is 14.9 Å². The minimum atomic E-state index is -0.865. The molecule has 0 bridgehead atoms. The molecule has 2 aromatic rings. The SMILES string of the molecule is CNC(C(=O)O)C1(c2ccc3nc[nH]c3c2)COC1. The maximum atomic E-state index is 11.4. The number of likely N-dealkylation sites (N-methyl/N-ethyl adjacent to an activating group) is 1. The zero-order chi connectivity index (χ0) is 13.5. The zero-order valence-corrected chi connectivity index (χ0v) is 10.5. The molecule has 1 fully saturated rings. The minimum Gasteiger partial charge on any atom is -0.480 e. The molecular weight excluding hydrogens is 246 g/mol. The fourth-order valence-electron chi connectivity index (χ4n) is 2.70. The number of H-pyrrole nitrogens is 1. The monoisotopic (exact) mass is 261 g/mol. The van der Waals surface area contributed by atoms with E-state index in [-0.39, 0.29) is 0 Å².